The van der Waals surface area contributed by atoms with Crippen molar-refractivity contribution in [3.63, 3.8) is 0 Å². The number of nitrogens with two attached hydrogens (primary N) is 1. The molecule has 2 N–H and O–H groups in total. The second kappa shape index (κ2) is 4.74. The quantitative estimate of drug-likeness (QED) is 0.603. The largest absolute Gasteiger partial charge is 0.369 e. The van der Waals surface area contributed by atoms with Gasteiger partial charge in [0.2, 0.25) is 0 Å². The first-order chi connectivity index (χ1) is 7.66. The lowest BCUT2D eigenvalue weighted by Crippen LogP contribution is -2.39. The fourth-order valence-electron chi connectivity index (χ4n) is 2.02. The molecule has 3 nitrogen and oxygen atoms in total. The van der Waals surface area contributed by atoms with Crippen LogP contribution in [0, 0.1) is 0 Å². The van der Waals surface area contributed by atoms with Crippen molar-refractivity contribution >= 4 is 23.2 Å². The van der Waals surface area contributed by atoms with Gasteiger partial charge in [0.25, 0.3) is 0 Å². The van der Waals surface area contributed by atoms with Crippen LogP contribution < -0.4 is 5.73 Å². The van der Waals surface area contributed by atoms with E-state index in [4.69, 9.17) is 17.3 Å². The van der Waals surface area contributed by atoms with Gasteiger partial charge in [0.05, 0.1) is 5.69 Å². The standard InChI is InChI=1S/C12H16ClN3/c1-9-4-3-7-16(9)12(14)15-11-6-2-5-10(13)8-11/h2,5-6,8-9H,3-4,7H2,1H3,(H2,14,15). The Labute approximate surface area is 101 Å². The monoisotopic (exact) mass is 237 g/mol. The Morgan fingerprint density at radius 1 is 1.56 bits per heavy atom. The van der Waals surface area contributed by atoms with Crippen molar-refractivity contribution in [3.05, 3.63) is 29.3 Å². The zero-order valence-corrected chi connectivity index (χ0v) is 10.1. The third kappa shape index (κ3) is 2.47. The summed E-state index contributed by atoms with van der Waals surface area (Å²) in [4.78, 5) is 6.53. The van der Waals surface area contributed by atoms with E-state index in [0.29, 0.717) is 17.0 Å². The third-order valence-electron chi connectivity index (χ3n) is 2.90. The van der Waals surface area contributed by atoms with Crippen molar-refractivity contribution in [3.8, 4) is 0 Å². The van der Waals surface area contributed by atoms with Crippen molar-refractivity contribution in [2.24, 2.45) is 10.7 Å². The van der Waals surface area contributed by atoms with Gasteiger partial charge in [0, 0.05) is 17.6 Å². The van der Waals surface area contributed by atoms with Gasteiger partial charge < -0.3 is 10.6 Å². The highest BCUT2D eigenvalue weighted by atomic mass is 35.5. The Balaban J connectivity index is 2.17. The fourth-order valence-corrected chi connectivity index (χ4v) is 2.20. The van der Waals surface area contributed by atoms with Crippen LogP contribution in [0.15, 0.2) is 29.3 Å². The van der Waals surface area contributed by atoms with Crippen molar-refractivity contribution < 1.29 is 0 Å². The van der Waals surface area contributed by atoms with Crippen molar-refractivity contribution in [2.75, 3.05) is 6.54 Å². The number of aliphatic imine (C=N–C) groups is 1. The molecule has 0 spiro atoms. The lowest BCUT2D eigenvalue weighted by molar-refractivity contribution is 0.410. The lowest BCUT2D eigenvalue weighted by atomic mass is 10.2. The summed E-state index contributed by atoms with van der Waals surface area (Å²) < 4.78 is 0. The van der Waals surface area contributed by atoms with Gasteiger partial charge in [0.1, 0.15) is 0 Å². The number of hydrogen-bond donors (Lipinski definition) is 1. The number of nitrogens with zero attached hydrogens (tertiary/aromatic N) is 2. The molecule has 86 valence electrons. The van der Waals surface area contributed by atoms with Gasteiger partial charge in [-0.2, -0.15) is 0 Å². The van der Waals surface area contributed by atoms with E-state index in [-0.39, 0.29) is 0 Å². The van der Waals surface area contributed by atoms with Crippen molar-refractivity contribution in [1.29, 1.82) is 0 Å². The van der Waals surface area contributed by atoms with Crippen LogP contribution >= 0.6 is 11.6 Å². The smallest absolute Gasteiger partial charge is 0.196 e. The number of rotatable bonds is 1. The highest BCUT2D eigenvalue weighted by Crippen LogP contribution is 2.20. The van der Waals surface area contributed by atoms with E-state index in [2.05, 4.69) is 16.8 Å². The molecule has 1 aromatic rings. The number of benzene rings is 1. The third-order valence-corrected chi connectivity index (χ3v) is 3.13. The molecule has 1 heterocycles. The molecule has 16 heavy (non-hydrogen) atoms. The van der Waals surface area contributed by atoms with Crippen LogP contribution in [-0.4, -0.2) is 23.4 Å². The van der Waals surface area contributed by atoms with Gasteiger partial charge in [0.15, 0.2) is 5.96 Å². The molecule has 0 saturated carbocycles. The Morgan fingerprint density at radius 2 is 2.38 bits per heavy atom. The second-order valence-corrected chi connectivity index (χ2v) is 4.57. The Kier molecular flexibility index (Phi) is 3.34. The van der Waals surface area contributed by atoms with Gasteiger partial charge in [-0.1, -0.05) is 17.7 Å². The van der Waals surface area contributed by atoms with Gasteiger partial charge in [-0.25, -0.2) is 4.99 Å². The normalized spacial score (nSPS) is 21.5. The highest BCUT2D eigenvalue weighted by Gasteiger charge is 2.21. The Bertz CT molecular complexity index is 403. The molecule has 4 heteroatoms. The number of likely N-dealkylation sites (tertiary alicyclic amines) is 1. The predicted molar refractivity (Wildman–Crippen MR) is 68.1 cm³/mol. The molecule has 0 radical (unpaired) electrons. The van der Waals surface area contributed by atoms with Crippen molar-refractivity contribution in [2.45, 2.75) is 25.8 Å². The fraction of sp³-hybridized carbons (Fsp3) is 0.417. The van der Waals surface area contributed by atoms with Gasteiger partial charge in [-0.05, 0) is 38.0 Å². The zero-order chi connectivity index (χ0) is 11.5. The van der Waals surface area contributed by atoms with Crippen LogP contribution in [0.25, 0.3) is 0 Å². The van der Waals surface area contributed by atoms with Gasteiger partial charge in [-0.3, -0.25) is 0 Å². The minimum absolute atomic E-state index is 0.489. The Hall–Kier alpha value is -1.22. The van der Waals surface area contributed by atoms with E-state index in [1.165, 1.54) is 12.8 Å². The first kappa shape index (κ1) is 11.3. The molecular formula is C12H16ClN3. The minimum atomic E-state index is 0.489. The summed E-state index contributed by atoms with van der Waals surface area (Å²) in [5.41, 5.74) is 6.79. The predicted octanol–water partition coefficient (Wildman–Crippen LogP) is 2.77. The molecule has 0 aliphatic carbocycles. The summed E-state index contributed by atoms with van der Waals surface area (Å²) in [7, 11) is 0. The molecule has 0 bridgehead atoms. The summed E-state index contributed by atoms with van der Waals surface area (Å²) in [6, 6.07) is 7.91. The summed E-state index contributed by atoms with van der Waals surface area (Å²) in [5.74, 6) is 0.590. The van der Waals surface area contributed by atoms with Crippen LogP contribution in [0.5, 0.6) is 0 Å². The minimum Gasteiger partial charge on any atom is -0.369 e. The van der Waals surface area contributed by atoms with Crippen LogP contribution in [0.1, 0.15) is 19.8 Å². The molecule has 1 unspecified atom stereocenters. The summed E-state index contributed by atoms with van der Waals surface area (Å²) >= 11 is 5.89. The molecule has 0 aromatic heterocycles. The van der Waals surface area contributed by atoms with E-state index in [0.717, 1.165) is 12.2 Å². The number of halogens is 1. The molecule has 1 aliphatic heterocycles. The molecule has 1 saturated heterocycles. The molecule has 1 aliphatic rings. The maximum atomic E-state index is 5.98. The maximum absolute atomic E-state index is 5.98. The average Bonchev–Trinajstić information content (AvgIpc) is 2.64. The number of hydrogen-bond acceptors (Lipinski definition) is 1. The van der Waals surface area contributed by atoms with Gasteiger partial charge >= 0.3 is 0 Å². The maximum Gasteiger partial charge on any atom is 0.196 e. The molecule has 1 aromatic carbocycles. The molecule has 2 rings (SSSR count). The average molecular weight is 238 g/mol. The summed E-state index contributed by atoms with van der Waals surface area (Å²) in [6.45, 7) is 3.17. The first-order valence-corrected chi connectivity index (χ1v) is 5.91. The topological polar surface area (TPSA) is 41.6 Å². The second-order valence-electron chi connectivity index (χ2n) is 4.13. The van der Waals surface area contributed by atoms with Crippen LogP contribution in [0.4, 0.5) is 5.69 Å². The van der Waals surface area contributed by atoms with E-state index >= 15 is 0 Å². The van der Waals surface area contributed by atoms with E-state index < -0.39 is 0 Å². The van der Waals surface area contributed by atoms with Crippen LogP contribution in [0.3, 0.4) is 0 Å². The lowest BCUT2D eigenvalue weighted by Gasteiger charge is -2.22. The molecule has 1 atom stereocenters. The van der Waals surface area contributed by atoms with Crippen molar-refractivity contribution in [1.82, 2.24) is 4.90 Å². The number of guanidine groups is 1. The van der Waals surface area contributed by atoms with E-state index in [9.17, 15) is 0 Å². The van der Waals surface area contributed by atoms with E-state index in [1.54, 1.807) is 0 Å². The molecule has 0 amide bonds. The Morgan fingerprint density at radius 3 is 3.00 bits per heavy atom. The van der Waals surface area contributed by atoms with E-state index in [1.807, 2.05) is 24.3 Å². The molecule has 1 fully saturated rings. The summed E-state index contributed by atoms with van der Waals surface area (Å²) in [5, 5.41) is 0.684. The SMILES string of the molecule is CC1CCCN1C(N)=Nc1cccc(Cl)c1. The zero-order valence-electron chi connectivity index (χ0n) is 9.36. The first-order valence-electron chi connectivity index (χ1n) is 5.53. The summed E-state index contributed by atoms with van der Waals surface area (Å²) in [6.07, 6.45) is 2.37. The van der Waals surface area contributed by atoms with Crippen LogP contribution in [-0.2, 0) is 0 Å². The van der Waals surface area contributed by atoms with Crippen LogP contribution in [0.2, 0.25) is 5.02 Å². The highest BCUT2D eigenvalue weighted by molar-refractivity contribution is 6.30. The molecular weight excluding hydrogens is 222 g/mol. The van der Waals surface area contributed by atoms with Gasteiger partial charge in [-0.15, -0.1) is 0 Å².